The number of nitrogens with one attached hydrogen (secondary N) is 1. The van der Waals surface area contributed by atoms with Gasteiger partial charge in [0.15, 0.2) is 5.78 Å². The van der Waals surface area contributed by atoms with Gasteiger partial charge in [-0.3, -0.25) is 4.79 Å². The molecular formula is C12H15BrFNO. The molecule has 0 unspecified atom stereocenters. The van der Waals surface area contributed by atoms with E-state index in [1.54, 1.807) is 19.2 Å². The summed E-state index contributed by atoms with van der Waals surface area (Å²) in [7, 11) is 1.73. The third-order valence-corrected chi connectivity index (χ3v) is 3.59. The second kappa shape index (κ2) is 5.06. The van der Waals surface area contributed by atoms with Crippen molar-refractivity contribution in [2.45, 2.75) is 25.8 Å². The third-order valence-electron chi connectivity index (χ3n) is 2.70. The lowest BCUT2D eigenvalue weighted by molar-refractivity contribution is -0.123. The first-order valence-electron chi connectivity index (χ1n) is 5.03. The number of carbonyl (C=O) groups is 1. The molecule has 0 saturated heterocycles. The molecule has 0 aromatic heterocycles. The lowest BCUT2D eigenvalue weighted by Gasteiger charge is -2.22. The Morgan fingerprint density at radius 2 is 2.12 bits per heavy atom. The predicted molar refractivity (Wildman–Crippen MR) is 65.9 cm³/mol. The summed E-state index contributed by atoms with van der Waals surface area (Å²) in [6.07, 6.45) is 0.214. The molecule has 1 aromatic rings. The lowest BCUT2D eigenvalue weighted by atomic mass is 9.94. The summed E-state index contributed by atoms with van der Waals surface area (Å²) in [5, 5.41) is 2.94. The largest absolute Gasteiger partial charge is 0.308 e. The maximum Gasteiger partial charge on any atom is 0.156 e. The number of ketones is 1. The van der Waals surface area contributed by atoms with Gasteiger partial charge in [-0.2, -0.15) is 0 Å². The summed E-state index contributed by atoms with van der Waals surface area (Å²) in [6.45, 7) is 3.62. The number of carbonyl (C=O) groups excluding carboxylic acids is 1. The average Bonchev–Trinajstić information content (AvgIpc) is 2.24. The molecule has 16 heavy (non-hydrogen) atoms. The number of Topliss-reactive ketones (excluding diaryl/α,β-unsaturated/α-hetero) is 1. The van der Waals surface area contributed by atoms with Gasteiger partial charge < -0.3 is 5.32 Å². The van der Waals surface area contributed by atoms with Crippen molar-refractivity contribution >= 4 is 21.7 Å². The van der Waals surface area contributed by atoms with E-state index in [1.165, 1.54) is 6.07 Å². The minimum Gasteiger partial charge on any atom is -0.308 e. The van der Waals surface area contributed by atoms with E-state index in [-0.39, 0.29) is 18.0 Å². The number of hydrogen-bond acceptors (Lipinski definition) is 2. The highest BCUT2D eigenvalue weighted by atomic mass is 79.9. The van der Waals surface area contributed by atoms with Crippen molar-refractivity contribution in [3.8, 4) is 0 Å². The van der Waals surface area contributed by atoms with Gasteiger partial charge in [-0.15, -0.1) is 0 Å². The van der Waals surface area contributed by atoms with Crippen LogP contribution in [0.4, 0.5) is 4.39 Å². The zero-order chi connectivity index (χ0) is 12.3. The van der Waals surface area contributed by atoms with Crippen molar-refractivity contribution in [3.63, 3.8) is 0 Å². The molecule has 1 N–H and O–H groups in total. The Balaban J connectivity index is 2.90. The summed E-state index contributed by atoms with van der Waals surface area (Å²) >= 11 is 3.15. The van der Waals surface area contributed by atoms with Crippen LogP contribution in [0.15, 0.2) is 22.7 Å². The van der Waals surface area contributed by atoms with E-state index in [2.05, 4.69) is 21.2 Å². The fourth-order valence-electron chi connectivity index (χ4n) is 1.22. The van der Waals surface area contributed by atoms with Gasteiger partial charge in [-0.05, 0) is 48.5 Å². The Morgan fingerprint density at radius 1 is 1.50 bits per heavy atom. The molecule has 4 heteroatoms. The predicted octanol–water partition coefficient (Wildman–Crippen LogP) is 2.70. The zero-order valence-corrected chi connectivity index (χ0v) is 11.2. The van der Waals surface area contributed by atoms with Gasteiger partial charge in [-0.1, -0.05) is 12.1 Å². The van der Waals surface area contributed by atoms with Crippen LogP contribution in [0.25, 0.3) is 0 Å². The lowest BCUT2D eigenvalue weighted by Crippen LogP contribution is -2.45. The Kier molecular flexibility index (Phi) is 4.21. The Labute approximate surface area is 103 Å². The van der Waals surface area contributed by atoms with Gasteiger partial charge in [0, 0.05) is 6.42 Å². The van der Waals surface area contributed by atoms with E-state index in [0.29, 0.717) is 10.0 Å². The minimum atomic E-state index is -0.592. The first-order valence-corrected chi connectivity index (χ1v) is 5.83. The molecule has 0 aliphatic heterocycles. The van der Waals surface area contributed by atoms with E-state index in [0.717, 1.165) is 0 Å². The monoisotopic (exact) mass is 287 g/mol. The molecule has 0 radical (unpaired) electrons. The van der Waals surface area contributed by atoms with E-state index < -0.39 is 5.54 Å². The normalized spacial score (nSPS) is 11.6. The van der Waals surface area contributed by atoms with Crippen molar-refractivity contribution in [1.29, 1.82) is 0 Å². The highest BCUT2D eigenvalue weighted by Gasteiger charge is 2.25. The molecule has 1 rings (SSSR count). The Bertz CT molecular complexity index is 404. The summed E-state index contributed by atoms with van der Waals surface area (Å²) in [5.41, 5.74) is 0.0829. The first kappa shape index (κ1) is 13.3. The van der Waals surface area contributed by atoms with Gasteiger partial charge in [0.25, 0.3) is 0 Å². The van der Waals surface area contributed by atoms with Crippen molar-refractivity contribution in [3.05, 3.63) is 34.1 Å². The molecule has 2 nitrogen and oxygen atoms in total. The fourth-order valence-corrected chi connectivity index (χ4v) is 1.62. The van der Waals surface area contributed by atoms with Crippen LogP contribution in [-0.2, 0) is 11.2 Å². The number of likely N-dealkylation sites (N-methyl/N-ethyl adjacent to an activating group) is 1. The highest BCUT2D eigenvalue weighted by Crippen LogP contribution is 2.22. The molecule has 88 valence electrons. The number of rotatable bonds is 4. The number of hydrogen-bond donors (Lipinski definition) is 1. The SMILES string of the molecule is CNC(C)(C)C(=O)Cc1cccc(F)c1Br. The van der Waals surface area contributed by atoms with Gasteiger partial charge in [-0.25, -0.2) is 4.39 Å². The quantitative estimate of drug-likeness (QED) is 0.923. The summed E-state index contributed by atoms with van der Waals surface area (Å²) in [5.74, 6) is -0.311. The molecule has 0 amide bonds. The molecule has 0 saturated carbocycles. The van der Waals surface area contributed by atoms with E-state index >= 15 is 0 Å². The highest BCUT2D eigenvalue weighted by molar-refractivity contribution is 9.10. The molecule has 0 bridgehead atoms. The average molecular weight is 288 g/mol. The van der Waals surface area contributed by atoms with Crippen LogP contribution in [0.5, 0.6) is 0 Å². The van der Waals surface area contributed by atoms with Gasteiger partial charge in [0.2, 0.25) is 0 Å². The standard InChI is InChI=1S/C12H15BrFNO/c1-12(2,15-3)10(16)7-8-5-4-6-9(14)11(8)13/h4-6,15H,7H2,1-3H3. The van der Waals surface area contributed by atoms with Crippen LogP contribution >= 0.6 is 15.9 Å². The van der Waals surface area contributed by atoms with Crippen LogP contribution in [0.3, 0.4) is 0 Å². The summed E-state index contributed by atoms with van der Waals surface area (Å²) in [4.78, 5) is 11.9. The second-order valence-corrected chi connectivity index (χ2v) is 4.98. The fraction of sp³-hybridized carbons (Fsp3) is 0.417. The number of halogens is 2. The molecule has 0 aliphatic rings. The maximum atomic E-state index is 13.2. The van der Waals surface area contributed by atoms with Crippen LogP contribution in [0, 0.1) is 5.82 Å². The summed E-state index contributed by atoms with van der Waals surface area (Å²) in [6, 6.07) is 4.72. The first-order chi connectivity index (χ1) is 7.38. The molecule has 0 fully saturated rings. The van der Waals surface area contributed by atoms with Gasteiger partial charge in [0.1, 0.15) is 5.82 Å². The number of benzene rings is 1. The van der Waals surface area contributed by atoms with Crippen molar-refractivity contribution in [1.82, 2.24) is 5.32 Å². The second-order valence-electron chi connectivity index (χ2n) is 4.19. The van der Waals surface area contributed by atoms with Crippen LogP contribution in [-0.4, -0.2) is 18.4 Å². The van der Waals surface area contributed by atoms with E-state index in [1.807, 2.05) is 13.8 Å². The van der Waals surface area contributed by atoms with Crippen LogP contribution in [0.1, 0.15) is 19.4 Å². The van der Waals surface area contributed by atoms with Gasteiger partial charge >= 0.3 is 0 Å². The smallest absolute Gasteiger partial charge is 0.156 e. The molecule has 0 atom stereocenters. The summed E-state index contributed by atoms with van der Waals surface area (Å²) < 4.78 is 13.6. The molecular weight excluding hydrogens is 273 g/mol. The van der Waals surface area contributed by atoms with Gasteiger partial charge in [0.05, 0.1) is 10.0 Å². The molecule has 0 aliphatic carbocycles. The molecule has 0 heterocycles. The van der Waals surface area contributed by atoms with Crippen molar-refractivity contribution in [2.24, 2.45) is 0 Å². The van der Waals surface area contributed by atoms with E-state index in [9.17, 15) is 9.18 Å². The third kappa shape index (κ3) is 2.89. The van der Waals surface area contributed by atoms with Crippen LogP contribution < -0.4 is 5.32 Å². The van der Waals surface area contributed by atoms with Crippen LogP contribution in [0.2, 0.25) is 0 Å². The minimum absolute atomic E-state index is 0.0290. The Morgan fingerprint density at radius 3 is 2.69 bits per heavy atom. The Hall–Kier alpha value is -0.740. The van der Waals surface area contributed by atoms with E-state index in [4.69, 9.17) is 0 Å². The topological polar surface area (TPSA) is 29.1 Å². The molecule has 1 aromatic carbocycles. The van der Waals surface area contributed by atoms with Crippen molar-refractivity contribution in [2.75, 3.05) is 7.05 Å². The molecule has 0 spiro atoms. The maximum absolute atomic E-state index is 13.2. The zero-order valence-electron chi connectivity index (χ0n) is 9.60. The van der Waals surface area contributed by atoms with Crippen molar-refractivity contribution < 1.29 is 9.18 Å².